The quantitative estimate of drug-likeness (QED) is 0.378. The van der Waals surface area contributed by atoms with E-state index in [2.05, 4.69) is 21.2 Å². The number of carboxylic acids is 1. The molecule has 0 aliphatic rings. The number of hydrogen-bond donors (Lipinski definition) is 3. The molecule has 15 heteroatoms. The lowest BCUT2D eigenvalue weighted by atomic mass is 10.2. The highest BCUT2D eigenvalue weighted by Gasteiger charge is 2.28. The van der Waals surface area contributed by atoms with E-state index in [0.717, 1.165) is 9.80 Å². The van der Waals surface area contributed by atoms with Crippen LogP contribution in [0.3, 0.4) is 0 Å². The number of halogens is 1. The van der Waals surface area contributed by atoms with Crippen LogP contribution in [0.4, 0.5) is 15.3 Å². The first kappa shape index (κ1) is 32.1. The van der Waals surface area contributed by atoms with Gasteiger partial charge in [0.25, 0.3) is 0 Å². The number of carbonyl (C=O) groups is 4. The zero-order valence-corrected chi connectivity index (χ0v) is 23.9. The third kappa shape index (κ3) is 12.3. The van der Waals surface area contributed by atoms with Crippen molar-refractivity contribution in [3.63, 3.8) is 0 Å². The Hall–Kier alpha value is -2.91. The Labute approximate surface area is 224 Å². The molecule has 0 unspecified atom stereocenters. The van der Waals surface area contributed by atoms with Gasteiger partial charge in [-0.15, -0.1) is 0 Å². The van der Waals surface area contributed by atoms with Crippen LogP contribution in [0.15, 0.2) is 27.6 Å². The van der Waals surface area contributed by atoms with Crippen molar-refractivity contribution >= 4 is 55.7 Å². The molecular weight excluding hydrogens is 576 g/mol. The van der Waals surface area contributed by atoms with Gasteiger partial charge >= 0.3 is 18.2 Å². The number of benzene rings is 1. The van der Waals surface area contributed by atoms with Crippen LogP contribution < -0.4 is 10.5 Å². The fourth-order valence-electron chi connectivity index (χ4n) is 2.66. The molecule has 0 saturated heterocycles. The maximum atomic E-state index is 12.8. The number of nitrogens with zero attached hydrogens (tertiary/aromatic N) is 2. The topological polar surface area (TPSA) is 186 Å². The van der Waals surface area contributed by atoms with Crippen molar-refractivity contribution < 1.29 is 42.2 Å². The predicted molar refractivity (Wildman–Crippen MR) is 137 cm³/mol. The summed E-state index contributed by atoms with van der Waals surface area (Å²) in [4.78, 5) is 51.0. The van der Waals surface area contributed by atoms with E-state index in [9.17, 15) is 32.7 Å². The average molecular weight is 609 g/mol. The van der Waals surface area contributed by atoms with E-state index in [0.29, 0.717) is 0 Å². The van der Waals surface area contributed by atoms with Crippen LogP contribution in [0.2, 0.25) is 0 Å². The molecule has 0 spiro atoms. The number of aliphatic carboxylic acids is 1. The Morgan fingerprint density at radius 3 is 1.78 bits per heavy atom. The van der Waals surface area contributed by atoms with E-state index >= 15 is 0 Å². The molecule has 13 nitrogen and oxygen atoms in total. The van der Waals surface area contributed by atoms with Crippen molar-refractivity contribution in [3.8, 4) is 0 Å². The third-order valence-electron chi connectivity index (χ3n) is 4.15. The molecule has 0 fully saturated rings. The predicted octanol–water partition coefficient (Wildman–Crippen LogP) is 2.59. The summed E-state index contributed by atoms with van der Waals surface area (Å²) >= 11 is 3.16. The smallest absolute Gasteiger partial charge is 0.410 e. The molecule has 1 aromatic carbocycles. The summed E-state index contributed by atoms with van der Waals surface area (Å²) in [6.07, 6.45) is -1.77. The molecule has 1 rings (SSSR count). The number of nitrogens with two attached hydrogens (primary N) is 1. The van der Waals surface area contributed by atoms with Crippen molar-refractivity contribution in [1.82, 2.24) is 9.80 Å². The van der Waals surface area contributed by atoms with Crippen molar-refractivity contribution in [3.05, 3.63) is 22.7 Å². The van der Waals surface area contributed by atoms with Gasteiger partial charge in [-0.25, -0.2) is 23.1 Å². The van der Waals surface area contributed by atoms with Crippen molar-refractivity contribution in [2.75, 3.05) is 31.5 Å². The Morgan fingerprint density at radius 1 is 0.946 bits per heavy atom. The van der Waals surface area contributed by atoms with Crippen LogP contribution in [-0.4, -0.2) is 84.8 Å². The first-order chi connectivity index (χ1) is 16.7. The van der Waals surface area contributed by atoms with E-state index in [-0.39, 0.29) is 28.1 Å². The van der Waals surface area contributed by atoms with E-state index in [4.69, 9.17) is 14.6 Å². The minimum Gasteiger partial charge on any atom is -0.480 e. The number of sulfonamides is 1. The van der Waals surface area contributed by atoms with E-state index in [1.165, 1.54) is 18.2 Å². The van der Waals surface area contributed by atoms with E-state index < -0.39 is 58.4 Å². The Balaban J connectivity index is 3.08. The number of hydrogen-bond acceptors (Lipinski definition) is 8. The minimum atomic E-state index is -3.96. The highest BCUT2D eigenvalue weighted by Crippen LogP contribution is 2.25. The molecule has 3 amide bonds. The third-order valence-corrected chi connectivity index (χ3v) is 5.71. The maximum Gasteiger partial charge on any atom is 0.410 e. The molecule has 0 atom stereocenters. The van der Waals surface area contributed by atoms with Crippen LogP contribution in [0, 0.1) is 0 Å². The lowest BCUT2D eigenvalue weighted by Gasteiger charge is -2.30. The number of rotatable bonds is 9. The molecule has 0 aliphatic carbocycles. The molecular formula is C22H33BrN4O9S. The lowest BCUT2D eigenvalue weighted by Crippen LogP contribution is -2.47. The minimum absolute atomic E-state index is 0.173. The van der Waals surface area contributed by atoms with E-state index in [1.807, 2.05) is 0 Å². The number of ether oxygens (including phenoxy) is 2. The molecule has 208 valence electrons. The Morgan fingerprint density at radius 2 is 1.41 bits per heavy atom. The van der Waals surface area contributed by atoms with Crippen molar-refractivity contribution in [2.24, 2.45) is 5.14 Å². The summed E-state index contributed by atoms with van der Waals surface area (Å²) in [5, 5.41) is 16.8. The lowest BCUT2D eigenvalue weighted by molar-refractivity contribution is -0.138. The first-order valence-electron chi connectivity index (χ1n) is 11.0. The monoisotopic (exact) mass is 608 g/mol. The Kier molecular flexibility index (Phi) is 10.9. The second-order valence-corrected chi connectivity index (χ2v) is 12.3. The van der Waals surface area contributed by atoms with Gasteiger partial charge in [-0.2, -0.15) is 0 Å². The van der Waals surface area contributed by atoms with Crippen LogP contribution >= 0.6 is 15.9 Å². The number of carbonyl (C=O) groups excluding carboxylic acids is 3. The van der Waals surface area contributed by atoms with Gasteiger partial charge in [0.05, 0.1) is 10.6 Å². The van der Waals surface area contributed by atoms with Gasteiger partial charge in [0, 0.05) is 17.6 Å². The summed E-state index contributed by atoms with van der Waals surface area (Å²) in [7, 11) is -3.96. The van der Waals surface area contributed by atoms with Crippen LogP contribution in [-0.2, 0) is 29.1 Å². The van der Waals surface area contributed by atoms with Gasteiger partial charge < -0.3 is 19.9 Å². The number of nitrogens with one attached hydrogen (secondary N) is 1. The van der Waals surface area contributed by atoms with Gasteiger partial charge in [0.15, 0.2) is 0 Å². The van der Waals surface area contributed by atoms with Gasteiger partial charge in [0.2, 0.25) is 15.9 Å². The number of anilines is 1. The van der Waals surface area contributed by atoms with Gasteiger partial charge in [0.1, 0.15) is 24.3 Å². The number of amides is 3. The molecule has 1 aromatic rings. The zero-order valence-electron chi connectivity index (χ0n) is 21.5. The fraction of sp³-hybridized carbons (Fsp3) is 0.545. The maximum absolute atomic E-state index is 12.8. The summed E-state index contributed by atoms with van der Waals surface area (Å²) in [5.74, 6) is -1.96. The van der Waals surface area contributed by atoms with Gasteiger partial charge in [-0.1, -0.05) is 0 Å². The first-order valence-corrected chi connectivity index (χ1v) is 13.3. The normalized spacial score (nSPS) is 11.9. The van der Waals surface area contributed by atoms with E-state index in [1.54, 1.807) is 41.5 Å². The zero-order chi connectivity index (χ0) is 28.8. The molecule has 0 radical (unpaired) electrons. The van der Waals surface area contributed by atoms with Crippen molar-refractivity contribution in [2.45, 2.75) is 57.6 Å². The van der Waals surface area contributed by atoms with Crippen LogP contribution in [0.1, 0.15) is 41.5 Å². The average Bonchev–Trinajstić information content (AvgIpc) is 2.67. The molecule has 4 N–H and O–H groups in total. The SMILES string of the molecule is CC(C)(C)OC(=O)N(CCN(CC(=O)Nc1ccc(S(N)(=O)=O)cc1Br)C(=O)OC(C)(C)C)CC(=O)O. The van der Waals surface area contributed by atoms with Gasteiger partial charge in [-0.05, 0) is 75.7 Å². The van der Waals surface area contributed by atoms with Gasteiger partial charge in [-0.3, -0.25) is 19.4 Å². The summed E-state index contributed by atoms with van der Waals surface area (Å²) in [6, 6.07) is 3.73. The highest BCUT2D eigenvalue weighted by molar-refractivity contribution is 9.10. The molecule has 0 aliphatic heterocycles. The molecule has 0 heterocycles. The highest BCUT2D eigenvalue weighted by atomic mass is 79.9. The molecule has 0 aromatic heterocycles. The Bertz CT molecular complexity index is 1130. The summed E-state index contributed by atoms with van der Waals surface area (Å²) in [5.41, 5.74) is -1.57. The molecule has 0 saturated carbocycles. The summed E-state index contributed by atoms with van der Waals surface area (Å²) < 4.78 is 33.8. The summed E-state index contributed by atoms with van der Waals surface area (Å²) in [6.45, 7) is 8.03. The molecule has 37 heavy (non-hydrogen) atoms. The molecule has 0 bridgehead atoms. The van der Waals surface area contributed by atoms with Crippen molar-refractivity contribution in [1.29, 1.82) is 0 Å². The van der Waals surface area contributed by atoms with Crippen LogP contribution in [0.25, 0.3) is 0 Å². The number of carboxylic acid groups (broad SMARTS) is 1. The standard InChI is InChI=1S/C22H33BrN4O9S/c1-21(2,3)35-19(31)26(9-10-27(13-18(29)30)20(32)36-22(4,5)6)12-17(28)25-16-8-7-14(11-15(16)23)37(24,33)34/h7-8,11H,9-10,12-13H2,1-6H3,(H,25,28)(H,29,30)(H2,24,33,34). The fourth-order valence-corrected chi connectivity index (χ4v) is 3.83. The number of primary sulfonamides is 1. The van der Waals surface area contributed by atoms with Crippen LogP contribution in [0.5, 0.6) is 0 Å². The second-order valence-electron chi connectivity index (χ2n) is 9.93. The second kappa shape index (κ2) is 12.6. The largest absolute Gasteiger partial charge is 0.480 e.